The summed E-state index contributed by atoms with van der Waals surface area (Å²) in [6.45, 7) is 4.26. The number of aliphatic hydroxyl groups excluding tert-OH is 1. The fraction of sp³-hybridized carbons (Fsp3) is 0.385. The number of aromatic hydroxyl groups is 1. The van der Waals surface area contributed by atoms with Gasteiger partial charge in [0.15, 0.2) is 0 Å². The molecule has 19 heavy (non-hydrogen) atoms. The lowest BCUT2D eigenvalue weighted by atomic mass is 10.1. The Kier molecular flexibility index (Phi) is 4.13. The van der Waals surface area contributed by atoms with Crippen LogP contribution in [0.15, 0.2) is 16.8 Å². The summed E-state index contributed by atoms with van der Waals surface area (Å²) in [6, 6.07) is 0. The van der Waals surface area contributed by atoms with Crippen LogP contribution in [-0.4, -0.2) is 20.2 Å². The normalized spacial score (nSPS) is 10.9. The van der Waals surface area contributed by atoms with Gasteiger partial charge in [0.2, 0.25) is 5.89 Å². The van der Waals surface area contributed by atoms with E-state index in [1.165, 1.54) is 0 Å². The quantitative estimate of drug-likeness (QED) is 0.750. The Balaban J connectivity index is 2.04. The highest BCUT2D eigenvalue weighted by Crippen LogP contribution is 2.23. The third kappa shape index (κ3) is 3.10. The van der Waals surface area contributed by atoms with Crippen LogP contribution in [0, 0.1) is 13.8 Å². The average molecular weight is 263 g/mol. The number of aliphatic hydroxyl groups is 1. The zero-order valence-electron chi connectivity index (χ0n) is 11.0. The highest BCUT2D eigenvalue weighted by molar-refractivity contribution is 5.40. The van der Waals surface area contributed by atoms with Crippen molar-refractivity contribution >= 4 is 0 Å². The largest absolute Gasteiger partial charge is 0.506 e. The van der Waals surface area contributed by atoms with Crippen LogP contribution in [0.4, 0.5) is 0 Å². The standard InChI is InChI=1S/C13H17N3O3/c1-8-3-16-12(19-8)6-14-5-11-10(7-17)4-15-9(2)13(11)18/h3-4,14,17-18H,5-7H2,1-2H3. The van der Waals surface area contributed by atoms with Gasteiger partial charge in [0, 0.05) is 23.9 Å². The predicted octanol–water partition coefficient (Wildman–Crippen LogP) is 1.17. The Hall–Kier alpha value is -1.92. The van der Waals surface area contributed by atoms with Crippen LogP contribution >= 0.6 is 0 Å². The van der Waals surface area contributed by atoms with Gasteiger partial charge in [-0.25, -0.2) is 4.98 Å². The van der Waals surface area contributed by atoms with Crippen LogP contribution < -0.4 is 5.32 Å². The van der Waals surface area contributed by atoms with Gasteiger partial charge in [0.1, 0.15) is 11.5 Å². The summed E-state index contributed by atoms with van der Waals surface area (Å²) in [4.78, 5) is 8.09. The van der Waals surface area contributed by atoms with E-state index < -0.39 is 0 Å². The van der Waals surface area contributed by atoms with E-state index in [1.54, 1.807) is 19.3 Å². The molecule has 0 aliphatic carbocycles. The number of aromatic nitrogens is 2. The van der Waals surface area contributed by atoms with E-state index >= 15 is 0 Å². The number of pyridine rings is 1. The Labute approximate surface area is 111 Å². The third-order valence-corrected chi connectivity index (χ3v) is 2.85. The minimum Gasteiger partial charge on any atom is -0.506 e. The molecule has 2 heterocycles. The molecule has 2 rings (SSSR count). The summed E-state index contributed by atoms with van der Waals surface area (Å²) in [7, 11) is 0. The van der Waals surface area contributed by atoms with E-state index in [-0.39, 0.29) is 12.4 Å². The molecule has 2 aromatic heterocycles. The van der Waals surface area contributed by atoms with E-state index in [9.17, 15) is 10.2 Å². The van der Waals surface area contributed by atoms with Gasteiger partial charge in [-0.05, 0) is 13.8 Å². The number of rotatable bonds is 5. The van der Waals surface area contributed by atoms with E-state index in [0.717, 1.165) is 5.76 Å². The van der Waals surface area contributed by atoms with Gasteiger partial charge >= 0.3 is 0 Å². The van der Waals surface area contributed by atoms with Crippen molar-refractivity contribution in [3.8, 4) is 5.75 Å². The summed E-state index contributed by atoms with van der Waals surface area (Å²) in [5.74, 6) is 1.46. The van der Waals surface area contributed by atoms with Crippen molar-refractivity contribution in [2.75, 3.05) is 0 Å². The first-order valence-corrected chi connectivity index (χ1v) is 6.01. The number of aryl methyl sites for hydroxylation is 2. The molecule has 0 aliphatic heterocycles. The molecule has 0 amide bonds. The van der Waals surface area contributed by atoms with Crippen molar-refractivity contribution in [3.63, 3.8) is 0 Å². The molecular weight excluding hydrogens is 246 g/mol. The first kappa shape index (κ1) is 13.5. The van der Waals surface area contributed by atoms with E-state index in [2.05, 4.69) is 15.3 Å². The zero-order chi connectivity index (χ0) is 13.8. The fourth-order valence-corrected chi connectivity index (χ4v) is 1.80. The molecule has 3 N–H and O–H groups in total. The summed E-state index contributed by atoms with van der Waals surface area (Å²) >= 11 is 0. The van der Waals surface area contributed by atoms with Crippen molar-refractivity contribution in [3.05, 3.63) is 40.9 Å². The maximum Gasteiger partial charge on any atom is 0.208 e. The van der Waals surface area contributed by atoms with Crippen molar-refractivity contribution in [2.24, 2.45) is 0 Å². The SMILES string of the molecule is Cc1cnc(CNCc2c(CO)cnc(C)c2O)o1. The Morgan fingerprint density at radius 1 is 1.21 bits per heavy atom. The Morgan fingerprint density at radius 2 is 2.00 bits per heavy atom. The maximum atomic E-state index is 9.96. The molecule has 2 aromatic rings. The zero-order valence-corrected chi connectivity index (χ0v) is 11.0. The highest BCUT2D eigenvalue weighted by Gasteiger charge is 2.11. The molecule has 0 fully saturated rings. The second kappa shape index (κ2) is 5.81. The second-order valence-corrected chi connectivity index (χ2v) is 4.32. The first-order valence-electron chi connectivity index (χ1n) is 6.01. The molecule has 6 nitrogen and oxygen atoms in total. The molecule has 0 aromatic carbocycles. The predicted molar refractivity (Wildman–Crippen MR) is 68.3 cm³/mol. The van der Waals surface area contributed by atoms with Crippen molar-refractivity contribution in [1.29, 1.82) is 0 Å². The molecule has 0 saturated carbocycles. The van der Waals surface area contributed by atoms with Gasteiger partial charge in [0.05, 0.1) is 25.0 Å². The summed E-state index contributed by atoms with van der Waals surface area (Å²) < 4.78 is 5.33. The summed E-state index contributed by atoms with van der Waals surface area (Å²) in [5, 5.41) is 22.3. The van der Waals surface area contributed by atoms with Gasteiger partial charge in [0.25, 0.3) is 0 Å². The lowest BCUT2D eigenvalue weighted by Crippen LogP contribution is -2.15. The second-order valence-electron chi connectivity index (χ2n) is 4.32. The average Bonchev–Trinajstić information content (AvgIpc) is 2.80. The molecule has 102 valence electrons. The summed E-state index contributed by atoms with van der Waals surface area (Å²) in [6.07, 6.45) is 3.23. The Bertz CT molecular complexity index is 566. The lowest BCUT2D eigenvalue weighted by molar-refractivity contribution is 0.278. The van der Waals surface area contributed by atoms with Gasteiger partial charge in [-0.1, -0.05) is 0 Å². The van der Waals surface area contributed by atoms with Crippen molar-refractivity contribution < 1.29 is 14.6 Å². The summed E-state index contributed by atoms with van der Waals surface area (Å²) in [5.41, 5.74) is 1.80. The monoisotopic (exact) mass is 263 g/mol. The van der Waals surface area contributed by atoms with Gasteiger partial charge in [-0.15, -0.1) is 0 Å². The molecule has 6 heteroatoms. The lowest BCUT2D eigenvalue weighted by Gasteiger charge is -2.11. The van der Waals surface area contributed by atoms with E-state index in [1.807, 2.05) is 6.92 Å². The number of oxazole rings is 1. The van der Waals surface area contributed by atoms with Crippen LogP contribution in [-0.2, 0) is 19.7 Å². The highest BCUT2D eigenvalue weighted by atomic mass is 16.4. The first-order chi connectivity index (χ1) is 9.11. The molecule has 0 saturated heterocycles. The van der Waals surface area contributed by atoms with Crippen LogP contribution in [0.5, 0.6) is 5.75 Å². The van der Waals surface area contributed by atoms with Gasteiger partial charge in [-0.2, -0.15) is 0 Å². The van der Waals surface area contributed by atoms with Gasteiger partial charge < -0.3 is 19.9 Å². The van der Waals surface area contributed by atoms with Crippen LogP contribution in [0.1, 0.15) is 28.5 Å². The fourth-order valence-electron chi connectivity index (χ4n) is 1.80. The molecule has 0 aliphatic rings. The van der Waals surface area contributed by atoms with E-state index in [4.69, 9.17) is 4.42 Å². The maximum absolute atomic E-state index is 9.96. The number of hydrogen-bond donors (Lipinski definition) is 3. The third-order valence-electron chi connectivity index (χ3n) is 2.85. The molecule has 0 unspecified atom stereocenters. The van der Waals surface area contributed by atoms with Crippen LogP contribution in [0.25, 0.3) is 0 Å². The molecule has 0 spiro atoms. The van der Waals surface area contributed by atoms with Crippen molar-refractivity contribution in [2.45, 2.75) is 33.5 Å². The minimum atomic E-state index is -0.157. The molecular formula is C13H17N3O3. The van der Waals surface area contributed by atoms with E-state index in [0.29, 0.717) is 35.8 Å². The van der Waals surface area contributed by atoms with Crippen LogP contribution in [0.3, 0.4) is 0 Å². The topological polar surface area (TPSA) is 91.4 Å². The molecule has 0 atom stereocenters. The molecule has 0 bridgehead atoms. The Morgan fingerprint density at radius 3 is 2.63 bits per heavy atom. The smallest absolute Gasteiger partial charge is 0.208 e. The number of hydrogen-bond acceptors (Lipinski definition) is 6. The van der Waals surface area contributed by atoms with Gasteiger partial charge in [-0.3, -0.25) is 4.98 Å². The van der Waals surface area contributed by atoms with Crippen LogP contribution in [0.2, 0.25) is 0 Å². The van der Waals surface area contributed by atoms with Crippen molar-refractivity contribution in [1.82, 2.24) is 15.3 Å². The minimum absolute atomic E-state index is 0.114. The molecule has 0 radical (unpaired) electrons. The number of nitrogens with zero attached hydrogens (tertiary/aromatic N) is 2. The number of nitrogens with one attached hydrogen (secondary N) is 1.